The van der Waals surface area contributed by atoms with Gasteiger partial charge in [0.1, 0.15) is 42.3 Å². The molecule has 6 heterocycles. The van der Waals surface area contributed by atoms with Gasteiger partial charge in [-0.2, -0.15) is 5.10 Å². The Morgan fingerprint density at radius 3 is 2.34 bits per heavy atom. The third-order valence-corrected chi connectivity index (χ3v) is 20.4. The minimum absolute atomic E-state index is 0.0159. The second-order valence-electron chi connectivity index (χ2n) is 27.4. The van der Waals surface area contributed by atoms with Crippen LogP contribution in [0.5, 0.6) is 5.75 Å². The van der Waals surface area contributed by atoms with Crippen LogP contribution in [0.25, 0.3) is 27.4 Å². The Morgan fingerprint density at radius 1 is 0.808 bits per heavy atom. The second-order valence-corrected chi connectivity index (χ2v) is 28.5. The van der Waals surface area contributed by atoms with Gasteiger partial charge in [0, 0.05) is 86.5 Å². The molecule has 0 radical (unpaired) electrons. The number of carboxylic acids is 2. The number of fused-ring (bicyclic) bond motifs is 2. The molecule has 6 aromatic rings. The minimum Gasteiger partial charge on any atom is -0.479 e. The number of amides is 5. The van der Waals surface area contributed by atoms with Crippen molar-refractivity contribution < 1.29 is 87.6 Å². The predicted octanol–water partition coefficient (Wildman–Crippen LogP) is 7.23. The maximum Gasteiger partial charge on any atom is 0.407 e. The van der Waals surface area contributed by atoms with E-state index in [0.717, 1.165) is 82.6 Å². The smallest absolute Gasteiger partial charge is 0.407 e. The number of nitrogens with one attached hydrogen (secondary N) is 3. The van der Waals surface area contributed by atoms with Gasteiger partial charge < -0.3 is 64.8 Å². The number of aromatic carboxylic acids is 1. The van der Waals surface area contributed by atoms with Gasteiger partial charge in [-0.1, -0.05) is 61.6 Å². The molecule has 4 aliphatic carbocycles. The molecule has 27 nitrogen and oxygen atoms in total. The fourth-order valence-corrected chi connectivity index (χ4v) is 17.1. The lowest BCUT2D eigenvalue weighted by molar-refractivity contribution is -0.271. The van der Waals surface area contributed by atoms with Crippen molar-refractivity contribution in [1.29, 1.82) is 0 Å². The molecule has 0 spiro atoms. The molecule has 99 heavy (non-hydrogen) atoms. The van der Waals surface area contributed by atoms with E-state index >= 15 is 0 Å². The Balaban J connectivity index is 0.611. The van der Waals surface area contributed by atoms with Gasteiger partial charge >= 0.3 is 18.0 Å². The predicted molar refractivity (Wildman–Crippen MR) is 360 cm³/mol. The number of ether oxygens (including phenoxy) is 5. The molecular formula is C71H79N9O18S. The number of ketones is 1. The number of carboxylic acid groups (broad SMARTS) is 2. The van der Waals surface area contributed by atoms with Gasteiger partial charge in [0.2, 0.25) is 12.2 Å². The number of aromatic nitrogens is 4. The van der Waals surface area contributed by atoms with Gasteiger partial charge in [0.05, 0.1) is 47.5 Å². The number of alkyl carbamates (subject to hydrolysis) is 1. The highest BCUT2D eigenvalue weighted by Gasteiger charge is 2.66. The fraction of sp³-hybridized carbons (Fsp3) is 0.451. The maximum absolute atomic E-state index is 13.8. The van der Waals surface area contributed by atoms with E-state index in [9.17, 15) is 63.9 Å². The van der Waals surface area contributed by atoms with Gasteiger partial charge in [-0.15, -0.1) is 0 Å². The Labute approximate surface area is 573 Å². The zero-order valence-corrected chi connectivity index (χ0v) is 55.8. The molecule has 3 aliphatic heterocycles. The first-order valence-electron chi connectivity index (χ1n) is 33.0. The summed E-state index contributed by atoms with van der Waals surface area (Å²) in [7, 11) is 0. The average Bonchev–Trinajstić information content (AvgIpc) is 1.45. The van der Waals surface area contributed by atoms with Gasteiger partial charge in [-0.05, 0) is 140 Å². The number of aliphatic carboxylic acids is 1. The van der Waals surface area contributed by atoms with Crippen molar-refractivity contribution in [2.45, 2.75) is 141 Å². The van der Waals surface area contributed by atoms with Crippen LogP contribution in [0.1, 0.15) is 121 Å². The number of rotatable bonds is 28. The Hall–Kier alpha value is -9.29. The molecule has 2 unspecified atom stereocenters. The van der Waals surface area contributed by atoms with Crippen LogP contribution in [0.4, 0.5) is 21.4 Å². The summed E-state index contributed by atoms with van der Waals surface area (Å²) >= 11 is 1.41. The number of nitrogens with zero attached hydrogens (tertiary/aromatic N) is 6. The van der Waals surface area contributed by atoms with E-state index in [1.807, 2.05) is 65.0 Å². The second kappa shape index (κ2) is 28.9. The minimum atomic E-state index is -1.98. The summed E-state index contributed by atoms with van der Waals surface area (Å²) < 4.78 is 32.2. The van der Waals surface area contributed by atoms with Crippen molar-refractivity contribution >= 4 is 91.7 Å². The van der Waals surface area contributed by atoms with Crippen LogP contribution in [-0.2, 0) is 62.4 Å². The molecule has 3 aromatic heterocycles. The highest BCUT2D eigenvalue weighted by Crippen LogP contribution is 2.72. The van der Waals surface area contributed by atoms with Gasteiger partial charge in [0.15, 0.2) is 16.9 Å². The van der Waals surface area contributed by atoms with Crippen LogP contribution in [0.3, 0.4) is 0 Å². The number of carbonyl (C=O) groups is 8. The zero-order valence-electron chi connectivity index (χ0n) is 55.0. The molecule has 5 fully saturated rings. The van der Waals surface area contributed by atoms with Crippen LogP contribution in [0, 0.1) is 23.2 Å². The van der Waals surface area contributed by atoms with E-state index in [0.29, 0.717) is 65.9 Å². The quantitative estimate of drug-likeness (QED) is 0.0177. The van der Waals surface area contributed by atoms with Gasteiger partial charge in [-0.3, -0.25) is 38.9 Å². The Bertz CT molecular complexity index is 4140. The summed E-state index contributed by atoms with van der Waals surface area (Å²) in [6.07, 6.45) is 3.01. The number of carbonyl (C=O) groups excluding carboxylic acids is 6. The summed E-state index contributed by atoms with van der Waals surface area (Å²) in [6, 6.07) is 21.5. The topological polar surface area (TPSA) is 370 Å². The van der Waals surface area contributed by atoms with E-state index in [1.165, 1.54) is 35.6 Å². The van der Waals surface area contributed by atoms with Crippen molar-refractivity contribution in [2.24, 2.45) is 16.2 Å². The number of anilines is 3. The molecular weight excluding hydrogens is 1300 g/mol. The van der Waals surface area contributed by atoms with Crippen LogP contribution >= 0.6 is 11.3 Å². The molecule has 13 rings (SSSR count). The fourth-order valence-electron chi connectivity index (χ4n) is 16.2. The van der Waals surface area contributed by atoms with Crippen LogP contribution < -0.4 is 25.6 Å². The summed E-state index contributed by atoms with van der Waals surface area (Å²) in [6.45, 7) is 9.00. The van der Waals surface area contributed by atoms with E-state index < -0.39 is 66.5 Å². The first-order chi connectivity index (χ1) is 47.4. The first kappa shape index (κ1) is 69.6. The summed E-state index contributed by atoms with van der Waals surface area (Å²) in [4.78, 5) is 113. The number of Topliss-reactive ketones (excluding diaryl/α,β-unsaturated/α-hetero) is 1. The van der Waals surface area contributed by atoms with Crippen molar-refractivity contribution in [2.75, 3.05) is 61.6 Å². The third-order valence-electron chi connectivity index (χ3n) is 19.5. The SMILES string of the molecule is Cc1c(-c2ccc(N3CCc4cccc(C(=O)Nc5nc6ccccc6s5)c4C3)nc2C(=O)O)cnn1CC12CC3(C)CC(C)(C1)CC(OCCOCCNC(=O)OC/C=C/c1ccc(O[C@@H]4O[C@H](C(=O)O)[C@@H](O)[C@H](O)[C@H]4O)c(NC(=O)CCCC(=O)CCN4C(=O)C=CC4=O)c1)(C3)C2. The van der Waals surface area contributed by atoms with Crippen LogP contribution in [-0.4, -0.2) is 180 Å². The monoisotopic (exact) mass is 1380 g/mol. The summed E-state index contributed by atoms with van der Waals surface area (Å²) in [5.41, 5.74) is 5.17. The lowest BCUT2D eigenvalue weighted by Gasteiger charge is -2.69. The van der Waals surface area contributed by atoms with E-state index in [-0.39, 0.29) is 109 Å². The lowest BCUT2D eigenvalue weighted by atomic mass is 9.39. The van der Waals surface area contributed by atoms with Crippen LogP contribution in [0.15, 0.2) is 97.2 Å². The summed E-state index contributed by atoms with van der Waals surface area (Å²) in [5.74, 6) is -4.54. The summed E-state index contributed by atoms with van der Waals surface area (Å²) in [5, 5.41) is 65.2. The van der Waals surface area contributed by atoms with E-state index in [4.69, 9.17) is 33.8 Å². The number of hydrogen-bond donors (Lipinski definition) is 8. The Kier molecular flexibility index (Phi) is 20.3. The maximum atomic E-state index is 13.8. The number of imide groups is 1. The van der Waals surface area contributed by atoms with Crippen molar-refractivity contribution in [3.63, 3.8) is 0 Å². The van der Waals surface area contributed by atoms with Crippen molar-refractivity contribution in [1.82, 2.24) is 30.0 Å². The third kappa shape index (κ3) is 15.6. The van der Waals surface area contributed by atoms with Crippen molar-refractivity contribution in [3.8, 4) is 16.9 Å². The lowest BCUT2D eigenvalue weighted by Crippen LogP contribution is -2.64. The standard InChI is InChI=1S/C71H79N9O18S/c1-41-47(45-17-19-53(76-57(45)63(89)90)78-25-22-43-10-6-12-46(48(43)33-78)62(88)77-66-75-49-13-4-5-14-52(49)99-66)32-73-80(41)40-70-35-68(2)34-69(3,36-70)38-71(37-68,39-70)96-30-29-94-28-24-72-67(93)95-27-8-9-42-16-18-51(97-65-60(87)58(85)59(86)61(98-65)64(91)92)50(31-42)74-54(82)15-7-11-44(81)23-26-79-55(83)20-21-56(79)84/h4-6,8-10,12-14,16-21,31-32,58-61,65,85-87H,7,11,15,22-30,33-40H2,1-3H3,(H,72,93)(H,74,82)(H,89,90)(H,91,92)(H,75,77,88)/b9-8+/t58-,59-,60+,61-,65+,68?,69?,70?,71?/m0/s1. The Morgan fingerprint density at radius 2 is 1.59 bits per heavy atom. The van der Waals surface area contributed by atoms with Gasteiger partial charge in [-0.25, -0.2) is 24.4 Å². The number of aliphatic hydroxyl groups is 3. The number of benzene rings is 3. The number of para-hydroxylation sites is 1. The number of pyridine rings is 1. The zero-order chi connectivity index (χ0) is 70.0. The molecule has 7 atom stereocenters. The molecule has 522 valence electrons. The number of thiazole rings is 1. The van der Waals surface area contributed by atoms with E-state index in [1.54, 1.807) is 18.3 Å². The van der Waals surface area contributed by atoms with E-state index in [2.05, 4.69) is 34.8 Å². The van der Waals surface area contributed by atoms with Crippen molar-refractivity contribution in [3.05, 3.63) is 131 Å². The highest BCUT2D eigenvalue weighted by molar-refractivity contribution is 7.22. The highest BCUT2D eigenvalue weighted by atomic mass is 32.1. The normalized spacial score (nSPS) is 25.3. The van der Waals surface area contributed by atoms with Gasteiger partial charge in [0.25, 0.3) is 17.7 Å². The molecule has 1 saturated heterocycles. The molecule has 4 saturated carbocycles. The molecule has 7 aliphatic rings. The molecule has 4 bridgehead atoms. The molecule has 3 aromatic carbocycles. The van der Waals surface area contributed by atoms with Crippen LogP contribution in [0.2, 0.25) is 0 Å². The first-order valence-corrected chi connectivity index (χ1v) is 33.9. The number of aliphatic hydroxyl groups excluding tert-OH is 3. The average molecular weight is 1380 g/mol. The molecule has 8 N–H and O–H groups in total. The largest absolute Gasteiger partial charge is 0.479 e. The number of hydrogen-bond acceptors (Lipinski definition) is 21. The molecule has 5 amide bonds. The molecule has 28 heteroatoms.